The first kappa shape index (κ1) is 14.8. The zero-order valence-corrected chi connectivity index (χ0v) is 15.5. The molecule has 22 heavy (non-hydrogen) atoms. The fraction of sp³-hybridized carbons (Fsp3) is 0.474. The van der Waals surface area contributed by atoms with E-state index in [0.717, 1.165) is 6.04 Å². The first-order valence-electron chi connectivity index (χ1n) is 8.59. The Kier molecular flexibility index (Phi) is 3.83. The molecule has 1 saturated carbocycles. The molecule has 0 amide bonds. The SMILES string of the molecule is C[Si]1(C)c2cc3ccccc3cc2SCN1C1CCCCC1. The molecule has 4 rings (SSSR count). The highest BCUT2D eigenvalue weighted by molar-refractivity contribution is 7.99. The molecule has 1 heterocycles. The van der Waals surface area contributed by atoms with Gasteiger partial charge in [-0.15, -0.1) is 11.8 Å². The Hall–Kier alpha value is -0.773. The van der Waals surface area contributed by atoms with E-state index in [2.05, 4.69) is 65.8 Å². The van der Waals surface area contributed by atoms with Gasteiger partial charge in [0.15, 0.2) is 8.24 Å². The lowest BCUT2D eigenvalue weighted by atomic mass is 9.96. The maximum absolute atomic E-state index is 2.91. The summed E-state index contributed by atoms with van der Waals surface area (Å²) in [6, 6.07) is 14.6. The molecule has 1 fully saturated rings. The summed E-state index contributed by atoms with van der Waals surface area (Å²) in [7, 11) is -1.53. The van der Waals surface area contributed by atoms with Crippen LogP contribution in [0.4, 0.5) is 0 Å². The fourth-order valence-electron chi connectivity index (χ4n) is 4.23. The van der Waals surface area contributed by atoms with E-state index in [0.29, 0.717) is 0 Å². The second-order valence-corrected chi connectivity index (χ2v) is 12.5. The topological polar surface area (TPSA) is 3.24 Å². The number of hydrogen-bond donors (Lipinski definition) is 0. The number of rotatable bonds is 1. The second kappa shape index (κ2) is 5.70. The Morgan fingerprint density at radius 3 is 2.41 bits per heavy atom. The third-order valence-corrected chi connectivity index (χ3v) is 10.8. The van der Waals surface area contributed by atoms with Gasteiger partial charge in [-0.3, -0.25) is 0 Å². The molecule has 0 radical (unpaired) electrons. The molecular weight excluding hydrogens is 302 g/mol. The zero-order chi connectivity index (χ0) is 15.2. The molecule has 116 valence electrons. The van der Waals surface area contributed by atoms with Gasteiger partial charge < -0.3 is 4.57 Å². The van der Waals surface area contributed by atoms with Crippen molar-refractivity contribution >= 4 is 36.0 Å². The molecule has 1 aliphatic heterocycles. The Morgan fingerprint density at radius 1 is 1.00 bits per heavy atom. The van der Waals surface area contributed by atoms with Crippen LogP contribution in [0.15, 0.2) is 41.3 Å². The molecule has 0 atom stereocenters. The predicted octanol–water partition coefficient (Wildman–Crippen LogP) is 4.95. The van der Waals surface area contributed by atoms with E-state index in [-0.39, 0.29) is 0 Å². The lowest BCUT2D eigenvalue weighted by Crippen LogP contribution is -2.63. The third kappa shape index (κ3) is 2.43. The van der Waals surface area contributed by atoms with E-state index >= 15 is 0 Å². The Balaban J connectivity index is 1.76. The zero-order valence-electron chi connectivity index (χ0n) is 13.6. The van der Waals surface area contributed by atoms with Crippen molar-refractivity contribution < 1.29 is 0 Å². The predicted molar refractivity (Wildman–Crippen MR) is 101 cm³/mol. The first-order valence-corrected chi connectivity index (χ1v) is 12.5. The van der Waals surface area contributed by atoms with Gasteiger partial charge in [0.2, 0.25) is 0 Å². The monoisotopic (exact) mass is 327 g/mol. The quantitative estimate of drug-likeness (QED) is 0.682. The second-order valence-electron chi connectivity index (χ2n) is 7.29. The maximum Gasteiger partial charge on any atom is 0.156 e. The van der Waals surface area contributed by atoms with Crippen LogP contribution in [0.5, 0.6) is 0 Å². The van der Waals surface area contributed by atoms with Gasteiger partial charge in [0.1, 0.15) is 0 Å². The van der Waals surface area contributed by atoms with Crippen LogP contribution in [-0.2, 0) is 0 Å². The van der Waals surface area contributed by atoms with E-state index in [1.54, 1.807) is 10.1 Å². The highest BCUT2D eigenvalue weighted by Gasteiger charge is 2.41. The largest absolute Gasteiger partial charge is 0.308 e. The van der Waals surface area contributed by atoms with E-state index < -0.39 is 8.24 Å². The van der Waals surface area contributed by atoms with Crippen molar-refractivity contribution in [2.24, 2.45) is 0 Å². The van der Waals surface area contributed by atoms with Crippen LogP contribution < -0.4 is 5.19 Å². The van der Waals surface area contributed by atoms with E-state index in [1.165, 1.54) is 48.8 Å². The summed E-state index contributed by atoms with van der Waals surface area (Å²) in [4.78, 5) is 1.54. The molecule has 3 heteroatoms. The van der Waals surface area contributed by atoms with Crippen LogP contribution in [0.25, 0.3) is 10.8 Å². The van der Waals surface area contributed by atoms with E-state index in [4.69, 9.17) is 0 Å². The number of nitrogens with zero attached hydrogens (tertiary/aromatic N) is 1. The minimum absolute atomic E-state index is 0.836. The van der Waals surface area contributed by atoms with Gasteiger partial charge in [-0.05, 0) is 34.9 Å². The Labute approximate surface area is 139 Å². The number of thioether (sulfide) groups is 1. The molecule has 2 aromatic rings. The van der Waals surface area contributed by atoms with Crippen molar-refractivity contribution in [1.82, 2.24) is 4.57 Å². The summed E-state index contributed by atoms with van der Waals surface area (Å²) >= 11 is 2.07. The smallest absolute Gasteiger partial charge is 0.156 e. The molecule has 2 aromatic carbocycles. The van der Waals surface area contributed by atoms with Crippen LogP contribution in [-0.4, -0.2) is 24.7 Å². The van der Waals surface area contributed by atoms with Crippen LogP contribution >= 0.6 is 11.8 Å². The average Bonchev–Trinajstić information content (AvgIpc) is 2.54. The van der Waals surface area contributed by atoms with Crippen LogP contribution in [0.3, 0.4) is 0 Å². The minimum atomic E-state index is -1.53. The molecule has 0 bridgehead atoms. The van der Waals surface area contributed by atoms with Crippen molar-refractivity contribution in [3.63, 3.8) is 0 Å². The molecule has 0 saturated heterocycles. The van der Waals surface area contributed by atoms with Gasteiger partial charge in [0.05, 0.1) is 0 Å². The van der Waals surface area contributed by atoms with Gasteiger partial charge in [0.25, 0.3) is 0 Å². The number of benzene rings is 2. The molecule has 0 unspecified atom stereocenters. The van der Waals surface area contributed by atoms with Crippen molar-refractivity contribution in [1.29, 1.82) is 0 Å². The molecule has 0 spiro atoms. The van der Waals surface area contributed by atoms with Gasteiger partial charge >= 0.3 is 0 Å². The van der Waals surface area contributed by atoms with Gasteiger partial charge in [-0.2, -0.15) is 0 Å². The fourth-order valence-corrected chi connectivity index (χ4v) is 10.3. The Bertz CT molecular complexity index is 691. The molecule has 1 nitrogen and oxygen atoms in total. The summed E-state index contributed by atoms with van der Waals surface area (Å²) in [5.41, 5.74) is 0. The van der Waals surface area contributed by atoms with Crippen molar-refractivity contribution in [2.75, 3.05) is 5.88 Å². The highest BCUT2D eigenvalue weighted by Crippen LogP contribution is 2.36. The van der Waals surface area contributed by atoms with Crippen LogP contribution in [0.1, 0.15) is 32.1 Å². The van der Waals surface area contributed by atoms with Crippen molar-refractivity contribution in [2.45, 2.75) is 56.1 Å². The normalized spacial score (nSPS) is 22.6. The van der Waals surface area contributed by atoms with Gasteiger partial charge in [-0.1, -0.05) is 62.7 Å². The Morgan fingerprint density at radius 2 is 1.68 bits per heavy atom. The number of hydrogen-bond acceptors (Lipinski definition) is 2. The van der Waals surface area contributed by atoms with Crippen molar-refractivity contribution in [3.8, 4) is 0 Å². The molecular formula is C19H25NSSi. The summed E-state index contributed by atoms with van der Waals surface area (Å²) in [6.07, 6.45) is 7.14. The van der Waals surface area contributed by atoms with E-state index in [1.807, 2.05) is 0 Å². The third-order valence-electron chi connectivity index (χ3n) is 5.60. The van der Waals surface area contributed by atoms with Gasteiger partial charge in [0, 0.05) is 16.8 Å². The summed E-state index contributed by atoms with van der Waals surface area (Å²) in [6.45, 7) is 5.13. The molecule has 0 N–H and O–H groups in total. The number of fused-ring (bicyclic) bond motifs is 2. The van der Waals surface area contributed by atoms with E-state index in [9.17, 15) is 0 Å². The van der Waals surface area contributed by atoms with Crippen LogP contribution in [0.2, 0.25) is 13.1 Å². The molecule has 2 aliphatic rings. The minimum Gasteiger partial charge on any atom is -0.308 e. The lowest BCUT2D eigenvalue weighted by molar-refractivity contribution is 0.274. The van der Waals surface area contributed by atoms with Gasteiger partial charge in [-0.25, -0.2) is 0 Å². The highest BCUT2D eigenvalue weighted by atomic mass is 32.2. The summed E-state index contributed by atoms with van der Waals surface area (Å²) in [5, 5.41) is 4.46. The van der Waals surface area contributed by atoms with Crippen molar-refractivity contribution in [3.05, 3.63) is 36.4 Å². The summed E-state index contributed by atoms with van der Waals surface area (Å²) in [5.74, 6) is 1.20. The summed E-state index contributed by atoms with van der Waals surface area (Å²) < 4.78 is 2.91. The average molecular weight is 328 g/mol. The molecule has 1 aliphatic carbocycles. The van der Waals surface area contributed by atoms with Crippen LogP contribution in [0, 0.1) is 0 Å². The maximum atomic E-state index is 2.91. The lowest BCUT2D eigenvalue weighted by Gasteiger charge is -2.47. The molecule has 0 aromatic heterocycles. The standard InChI is InChI=1S/C19H25NSSi/c1-22(2)19-13-16-9-7-6-8-15(16)12-18(19)21-14-20(22)17-10-4-3-5-11-17/h6-9,12-13,17H,3-5,10-11,14H2,1-2H3. The first-order chi connectivity index (χ1) is 10.7.